The van der Waals surface area contributed by atoms with E-state index in [-0.39, 0.29) is 11.2 Å². The Morgan fingerprint density at radius 2 is 1.80 bits per heavy atom. The van der Waals surface area contributed by atoms with Crippen LogP contribution in [-0.4, -0.2) is 0 Å². The van der Waals surface area contributed by atoms with Crippen molar-refractivity contribution in [3.63, 3.8) is 0 Å². The van der Waals surface area contributed by atoms with E-state index in [1.54, 1.807) is 12.1 Å². The smallest absolute Gasteiger partial charge is 0.123 e. The monoisotopic (exact) mass is 206 g/mol. The molecule has 1 saturated carbocycles. The standard InChI is InChI=1S/C14H19F/c1-11-6-7-12(15)10-13(11)14(2)8-4-3-5-9-14/h6-7,10H,3-5,8-9H2,1-2H3. The summed E-state index contributed by atoms with van der Waals surface area (Å²) in [7, 11) is 0. The van der Waals surface area contributed by atoms with Gasteiger partial charge < -0.3 is 0 Å². The van der Waals surface area contributed by atoms with Crippen LogP contribution < -0.4 is 0 Å². The molecular formula is C14H19F. The normalized spacial score (nSPS) is 20.2. The Bertz CT molecular complexity index is 348. The summed E-state index contributed by atoms with van der Waals surface area (Å²) in [5.41, 5.74) is 2.67. The number of aryl methyl sites for hydroxylation is 1. The molecule has 15 heavy (non-hydrogen) atoms. The van der Waals surface area contributed by atoms with Crippen molar-refractivity contribution in [2.24, 2.45) is 0 Å². The zero-order valence-corrected chi connectivity index (χ0v) is 9.65. The third kappa shape index (κ3) is 2.06. The van der Waals surface area contributed by atoms with Gasteiger partial charge in [0.25, 0.3) is 0 Å². The van der Waals surface area contributed by atoms with Gasteiger partial charge in [-0.1, -0.05) is 32.3 Å². The molecular weight excluding hydrogens is 187 g/mol. The molecule has 1 aliphatic carbocycles. The third-order valence-corrected chi connectivity index (χ3v) is 3.81. The first-order valence-electron chi connectivity index (χ1n) is 5.88. The second-order valence-electron chi connectivity index (χ2n) is 5.08. The summed E-state index contributed by atoms with van der Waals surface area (Å²) >= 11 is 0. The predicted molar refractivity (Wildman–Crippen MR) is 61.6 cm³/mol. The van der Waals surface area contributed by atoms with E-state index in [1.165, 1.54) is 43.2 Å². The Labute approximate surface area is 91.5 Å². The molecule has 0 amide bonds. The van der Waals surface area contributed by atoms with Crippen molar-refractivity contribution in [3.05, 3.63) is 35.1 Å². The molecule has 0 aromatic heterocycles. The molecule has 1 heteroatoms. The molecule has 0 atom stereocenters. The highest BCUT2D eigenvalue weighted by Gasteiger charge is 2.30. The molecule has 2 rings (SSSR count). The van der Waals surface area contributed by atoms with Crippen LogP contribution in [0.1, 0.15) is 50.2 Å². The topological polar surface area (TPSA) is 0 Å². The summed E-state index contributed by atoms with van der Waals surface area (Å²) in [4.78, 5) is 0. The van der Waals surface area contributed by atoms with Crippen molar-refractivity contribution >= 4 is 0 Å². The SMILES string of the molecule is Cc1ccc(F)cc1C1(C)CCCCC1. The van der Waals surface area contributed by atoms with Crippen LogP contribution in [0.2, 0.25) is 0 Å². The van der Waals surface area contributed by atoms with Crippen LogP contribution in [0.5, 0.6) is 0 Å². The van der Waals surface area contributed by atoms with Crippen molar-refractivity contribution in [3.8, 4) is 0 Å². The van der Waals surface area contributed by atoms with Gasteiger partial charge in [0.1, 0.15) is 5.82 Å². The van der Waals surface area contributed by atoms with Gasteiger partial charge in [-0.3, -0.25) is 0 Å². The molecule has 0 aliphatic heterocycles. The highest BCUT2D eigenvalue weighted by molar-refractivity contribution is 5.33. The molecule has 0 bridgehead atoms. The predicted octanol–water partition coefficient (Wildman–Crippen LogP) is 4.36. The Kier molecular flexibility index (Phi) is 2.81. The maximum Gasteiger partial charge on any atom is 0.123 e. The molecule has 0 heterocycles. The van der Waals surface area contributed by atoms with E-state index < -0.39 is 0 Å². The van der Waals surface area contributed by atoms with Gasteiger partial charge in [-0.2, -0.15) is 0 Å². The highest BCUT2D eigenvalue weighted by atomic mass is 19.1. The zero-order chi connectivity index (χ0) is 10.9. The molecule has 0 radical (unpaired) electrons. The minimum atomic E-state index is -0.0950. The molecule has 0 saturated heterocycles. The van der Waals surface area contributed by atoms with Crippen molar-refractivity contribution in [2.75, 3.05) is 0 Å². The minimum Gasteiger partial charge on any atom is -0.207 e. The summed E-state index contributed by atoms with van der Waals surface area (Å²) < 4.78 is 13.3. The molecule has 0 N–H and O–H groups in total. The molecule has 82 valence electrons. The maximum atomic E-state index is 13.3. The lowest BCUT2D eigenvalue weighted by Gasteiger charge is -2.35. The summed E-state index contributed by atoms with van der Waals surface area (Å²) in [5, 5.41) is 0. The van der Waals surface area contributed by atoms with Crippen LogP contribution >= 0.6 is 0 Å². The lowest BCUT2D eigenvalue weighted by atomic mass is 9.70. The Hall–Kier alpha value is -0.850. The Morgan fingerprint density at radius 3 is 2.47 bits per heavy atom. The second-order valence-corrected chi connectivity index (χ2v) is 5.08. The van der Waals surface area contributed by atoms with E-state index in [9.17, 15) is 4.39 Å². The zero-order valence-electron chi connectivity index (χ0n) is 9.65. The number of hydrogen-bond donors (Lipinski definition) is 0. The third-order valence-electron chi connectivity index (χ3n) is 3.81. The molecule has 1 aromatic rings. The van der Waals surface area contributed by atoms with Gasteiger partial charge in [0.15, 0.2) is 0 Å². The lowest BCUT2D eigenvalue weighted by Crippen LogP contribution is -2.26. The molecule has 1 aromatic carbocycles. The first-order valence-corrected chi connectivity index (χ1v) is 5.88. The van der Waals surface area contributed by atoms with E-state index in [1.807, 2.05) is 6.07 Å². The van der Waals surface area contributed by atoms with E-state index in [0.29, 0.717) is 0 Å². The van der Waals surface area contributed by atoms with Crippen LogP contribution in [0.4, 0.5) is 4.39 Å². The van der Waals surface area contributed by atoms with Gasteiger partial charge in [-0.25, -0.2) is 4.39 Å². The average molecular weight is 206 g/mol. The van der Waals surface area contributed by atoms with Crippen molar-refractivity contribution in [2.45, 2.75) is 51.4 Å². The van der Waals surface area contributed by atoms with Crippen molar-refractivity contribution in [1.82, 2.24) is 0 Å². The largest absolute Gasteiger partial charge is 0.207 e. The van der Waals surface area contributed by atoms with E-state index in [2.05, 4.69) is 13.8 Å². The lowest BCUT2D eigenvalue weighted by molar-refractivity contribution is 0.317. The van der Waals surface area contributed by atoms with Gasteiger partial charge in [-0.15, -0.1) is 0 Å². The fourth-order valence-corrected chi connectivity index (χ4v) is 2.85. The number of halogens is 1. The minimum absolute atomic E-state index is 0.0950. The molecule has 0 spiro atoms. The van der Waals surface area contributed by atoms with Gasteiger partial charge in [0.2, 0.25) is 0 Å². The fourth-order valence-electron chi connectivity index (χ4n) is 2.85. The molecule has 0 unspecified atom stereocenters. The number of benzene rings is 1. The molecule has 1 aliphatic rings. The Balaban J connectivity index is 2.38. The van der Waals surface area contributed by atoms with Gasteiger partial charge in [0, 0.05) is 0 Å². The summed E-state index contributed by atoms with van der Waals surface area (Å²) in [5.74, 6) is -0.0950. The van der Waals surface area contributed by atoms with Gasteiger partial charge >= 0.3 is 0 Å². The molecule has 0 nitrogen and oxygen atoms in total. The first-order chi connectivity index (χ1) is 7.12. The van der Waals surface area contributed by atoms with E-state index in [0.717, 1.165) is 0 Å². The van der Waals surface area contributed by atoms with E-state index in [4.69, 9.17) is 0 Å². The summed E-state index contributed by atoms with van der Waals surface area (Å²) in [6.45, 7) is 4.38. The summed E-state index contributed by atoms with van der Waals surface area (Å²) in [6.07, 6.45) is 6.32. The van der Waals surface area contributed by atoms with Crippen LogP contribution in [0, 0.1) is 12.7 Å². The van der Waals surface area contributed by atoms with E-state index >= 15 is 0 Å². The quantitative estimate of drug-likeness (QED) is 0.640. The summed E-state index contributed by atoms with van der Waals surface area (Å²) in [6, 6.07) is 5.20. The van der Waals surface area contributed by atoms with Crippen LogP contribution in [-0.2, 0) is 5.41 Å². The molecule has 1 fully saturated rings. The highest BCUT2D eigenvalue weighted by Crippen LogP contribution is 2.40. The Morgan fingerprint density at radius 1 is 1.13 bits per heavy atom. The van der Waals surface area contributed by atoms with Crippen molar-refractivity contribution < 1.29 is 4.39 Å². The van der Waals surface area contributed by atoms with Crippen LogP contribution in [0.15, 0.2) is 18.2 Å². The van der Waals surface area contributed by atoms with Crippen LogP contribution in [0.25, 0.3) is 0 Å². The van der Waals surface area contributed by atoms with Crippen LogP contribution in [0.3, 0.4) is 0 Å². The second kappa shape index (κ2) is 3.96. The van der Waals surface area contributed by atoms with Gasteiger partial charge in [0.05, 0.1) is 0 Å². The maximum absolute atomic E-state index is 13.3. The van der Waals surface area contributed by atoms with Gasteiger partial charge in [-0.05, 0) is 48.4 Å². The average Bonchev–Trinajstić information content (AvgIpc) is 2.23. The number of hydrogen-bond acceptors (Lipinski definition) is 0. The fraction of sp³-hybridized carbons (Fsp3) is 0.571. The number of rotatable bonds is 1. The van der Waals surface area contributed by atoms with Crippen molar-refractivity contribution in [1.29, 1.82) is 0 Å². The first kappa shape index (κ1) is 10.7.